The lowest BCUT2D eigenvalue weighted by atomic mass is 10.1. The molecule has 8 nitrogen and oxygen atoms in total. The predicted molar refractivity (Wildman–Crippen MR) is 60.7 cm³/mol. The van der Waals surface area contributed by atoms with Gasteiger partial charge in [0, 0.05) is 0 Å². The highest BCUT2D eigenvalue weighted by Gasteiger charge is 2.17. The number of H-pyrrole nitrogens is 1. The molecule has 0 aliphatic rings. The van der Waals surface area contributed by atoms with E-state index in [2.05, 4.69) is 20.5 Å². The second kappa shape index (κ2) is 4.62. The Morgan fingerprint density at radius 1 is 1.39 bits per heavy atom. The summed E-state index contributed by atoms with van der Waals surface area (Å²) < 4.78 is 4.73. The Morgan fingerprint density at radius 2 is 2.06 bits per heavy atom. The summed E-state index contributed by atoms with van der Waals surface area (Å²) in [5.41, 5.74) is -0.243. The largest absolute Gasteiger partial charge is 0.507 e. The summed E-state index contributed by atoms with van der Waals surface area (Å²) in [6.45, 7) is 0. The first kappa shape index (κ1) is 11.7. The van der Waals surface area contributed by atoms with E-state index in [9.17, 15) is 15.0 Å². The Morgan fingerprint density at radius 3 is 2.61 bits per heavy atom. The number of ether oxygens (including phenoxy) is 1. The van der Waals surface area contributed by atoms with Crippen LogP contribution in [0.15, 0.2) is 18.2 Å². The van der Waals surface area contributed by atoms with Crippen molar-refractivity contribution in [1.82, 2.24) is 15.2 Å². The first-order valence-electron chi connectivity index (χ1n) is 4.90. The van der Waals surface area contributed by atoms with Crippen molar-refractivity contribution in [2.45, 2.75) is 0 Å². The molecule has 2 aromatic rings. The zero-order chi connectivity index (χ0) is 13.1. The highest BCUT2D eigenvalue weighted by molar-refractivity contribution is 6.07. The van der Waals surface area contributed by atoms with Gasteiger partial charge in [-0.1, -0.05) is 6.07 Å². The van der Waals surface area contributed by atoms with Gasteiger partial charge in [0.25, 0.3) is 5.91 Å². The third kappa shape index (κ3) is 2.17. The first-order valence-corrected chi connectivity index (χ1v) is 4.90. The predicted octanol–water partition coefficient (Wildman–Crippen LogP) is 0.477. The van der Waals surface area contributed by atoms with Gasteiger partial charge in [-0.25, -0.2) is 5.10 Å². The molecular weight excluding hydrogens is 240 g/mol. The van der Waals surface area contributed by atoms with Crippen molar-refractivity contribution in [2.75, 3.05) is 12.4 Å². The second-order valence-electron chi connectivity index (χ2n) is 3.30. The zero-order valence-corrected chi connectivity index (χ0v) is 9.34. The molecule has 0 aliphatic heterocycles. The number of carbonyl (C=O) groups is 1. The van der Waals surface area contributed by atoms with Crippen molar-refractivity contribution in [2.24, 2.45) is 0 Å². The molecular formula is C10H10N4O4. The average Bonchev–Trinajstić information content (AvgIpc) is 2.76. The van der Waals surface area contributed by atoms with Gasteiger partial charge in [0.1, 0.15) is 17.1 Å². The van der Waals surface area contributed by atoms with E-state index >= 15 is 0 Å². The molecule has 0 fully saturated rings. The Bertz CT molecular complexity index is 561. The quantitative estimate of drug-likeness (QED) is 0.628. The number of aromatic hydroxyl groups is 2. The number of aromatic nitrogens is 3. The van der Waals surface area contributed by atoms with Crippen molar-refractivity contribution in [3.05, 3.63) is 23.8 Å². The number of rotatable bonds is 3. The number of benzene rings is 1. The fourth-order valence-electron chi connectivity index (χ4n) is 1.32. The number of methoxy groups -OCH3 is 1. The van der Waals surface area contributed by atoms with Crippen LogP contribution in [0.2, 0.25) is 0 Å². The van der Waals surface area contributed by atoms with Gasteiger partial charge in [-0.2, -0.15) is 4.98 Å². The van der Waals surface area contributed by atoms with Gasteiger partial charge in [0.05, 0.1) is 7.11 Å². The molecule has 1 amide bonds. The van der Waals surface area contributed by atoms with Gasteiger partial charge in [0.2, 0.25) is 5.95 Å². The third-order valence-corrected chi connectivity index (χ3v) is 2.13. The fraction of sp³-hybridized carbons (Fsp3) is 0.100. The number of phenols is 2. The van der Waals surface area contributed by atoms with Crippen LogP contribution in [0.1, 0.15) is 10.4 Å². The maximum atomic E-state index is 11.8. The SMILES string of the molecule is COc1n[nH]c(NC(=O)c2c(O)cccc2O)n1. The molecule has 0 saturated heterocycles. The third-order valence-electron chi connectivity index (χ3n) is 2.13. The van der Waals surface area contributed by atoms with Gasteiger partial charge >= 0.3 is 6.01 Å². The van der Waals surface area contributed by atoms with Crippen LogP contribution in [0.4, 0.5) is 5.95 Å². The molecule has 18 heavy (non-hydrogen) atoms. The van der Waals surface area contributed by atoms with Gasteiger partial charge < -0.3 is 14.9 Å². The standard InChI is InChI=1S/C10H10N4O4/c1-18-10-12-9(13-14-10)11-8(17)7-5(15)3-2-4-6(7)16/h2-4,15-16H,1H3,(H2,11,12,13,14,17). The average molecular weight is 250 g/mol. The second-order valence-corrected chi connectivity index (χ2v) is 3.30. The van der Waals surface area contributed by atoms with Crippen LogP contribution in [0.3, 0.4) is 0 Å². The Balaban J connectivity index is 2.22. The number of anilines is 1. The monoisotopic (exact) mass is 250 g/mol. The van der Waals surface area contributed by atoms with Crippen LogP contribution < -0.4 is 10.1 Å². The molecule has 0 saturated carbocycles. The molecule has 1 aromatic heterocycles. The molecule has 0 aliphatic carbocycles. The van der Waals surface area contributed by atoms with Gasteiger partial charge in [0.15, 0.2) is 0 Å². The molecule has 0 bridgehead atoms. The van der Waals surface area contributed by atoms with Crippen molar-refractivity contribution >= 4 is 11.9 Å². The lowest BCUT2D eigenvalue weighted by molar-refractivity contribution is 0.102. The highest BCUT2D eigenvalue weighted by Crippen LogP contribution is 2.26. The Kier molecular flexibility index (Phi) is 3.00. The Labute approximate surface area is 101 Å². The molecule has 94 valence electrons. The zero-order valence-electron chi connectivity index (χ0n) is 9.34. The summed E-state index contributed by atoms with van der Waals surface area (Å²) in [6.07, 6.45) is 0. The van der Waals surface area contributed by atoms with Crippen LogP contribution in [0, 0.1) is 0 Å². The van der Waals surface area contributed by atoms with Crippen LogP contribution in [-0.2, 0) is 0 Å². The summed E-state index contributed by atoms with van der Waals surface area (Å²) in [6, 6.07) is 4.05. The summed E-state index contributed by atoms with van der Waals surface area (Å²) >= 11 is 0. The van der Waals surface area contributed by atoms with E-state index < -0.39 is 5.91 Å². The number of nitrogens with zero attached hydrogens (tertiary/aromatic N) is 2. The molecule has 0 unspecified atom stereocenters. The number of phenolic OH excluding ortho intramolecular Hbond substituents is 2. The molecule has 8 heteroatoms. The maximum Gasteiger partial charge on any atom is 0.336 e. The van der Waals surface area contributed by atoms with E-state index in [0.29, 0.717) is 0 Å². The lowest BCUT2D eigenvalue weighted by Gasteiger charge is -2.05. The van der Waals surface area contributed by atoms with Gasteiger partial charge in [-0.05, 0) is 12.1 Å². The van der Waals surface area contributed by atoms with Gasteiger partial charge in [-0.15, -0.1) is 5.10 Å². The van der Waals surface area contributed by atoms with Crippen LogP contribution in [0.5, 0.6) is 17.5 Å². The van der Waals surface area contributed by atoms with Crippen LogP contribution >= 0.6 is 0 Å². The summed E-state index contributed by atoms with van der Waals surface area (Å²) in [5.74, 6) is -1.35. The topological polar surface area (TPSA) is 120 Å². The minimum Gasteiger partial charge on any atom is -0.507 e. The highest BCUT2D eigenvalue weighted by atomic mass is 16.5. The minimum absolute atomic E-state index is 0.0412. The number of aromatic amines is 1. The van der Waals surface area contributed by atoms with Crippen LogP contribution in [-0.4, -0.2) is 38.4 Å². The Hall–Kier alpha value is -2.77. The number of hydrogen-bond acceptors (Lipinski definition) is 6. The summed E-state index contributed by atoms with van der Waals surface area (Å²) in [5, 5.41) is 27.4. The fourth-order valence-corrected chi connectivity index (χ4v) is 1.32. The molecule has 1 heterocycles. The molecule has 0 atom stereocenters. The van der Waals surface area contributed by atoms with Crippen molar-refractivity contribution in [3.63, 3.8) is 0 Å². The minimum atomic E-state index is -0.718. The van der Waals surface area contributed by atoms with Gasteiger partial charge in [-0.3, -0.25) is 10.1 Å². The first-order chi connectivity index (χ1) is 8.61. The number of carbonyl (C=O) groups excluding carboxylic acids is 1. The van der Waals surface area contributed by atoms with Crippen molar-refractivity contribution in [3.8, 4) is 17.5 Å². The number of amides is 1. The molecule has 0 spiro atoms. The van der Waals surface area contributed by atoms with Crippen molar-refractivity contribution in [1.29, 1.82) is 0 Å². The summed E-state index contributed by atoms with van der Waals surface area (Å²) in [7, 11) is 1.38. The normalized spacial score (nSPS) is 10.1. The molecule has 0 radical (unpaired) electrons. The van der Waals surface area contributed by atoms with E-state index in [4.69, 9.17) is 4.74 Å². The van der Waals surface area contributed by atoms with E-state index in [-0.39, 0.29) is 29.0 Å². The van der Waals surface area contributed by atoms with E-state index in [1.165, 1.54) is 25.3 Å². The van der Waals surface area contributed by atoms with Crippen LogP contribution in [0.25, 0.3) is 0 Å². The van der Waals surface area contributed by atoms with E-state index in [1.54, 1.807) is 0 Å². The molecule has 1 aromatic carbocycles. The van der Waals surface area contributed by atoms with E-state index in [0.717, 1.165) is 0 Å². The van der Waals surface area contributed by atoms with E-state index in [1.807, 2.05) is 0 Å². The smallest absolute Gasteiger partial charge is 0.336 e. The summed E-state index contributed by atoms with van der Waals surface area (Å²) in [4.78, 5) is 15.6. The number of hydrogen-bond donors (Lipinski definition) is 4. The lowest BCUT2D eigenvalue weighted by Crippen LogP contribution is -2.13. The van der Waals surface area contributed by atoms with Crippen molar-refractivity contribution < 1.29 is 19.7 Å². The molecule has 2 rings (SSSR count). The molecule has 4 N–H and O–H groups in total. The number of nitrogens with one attached hydrogen (secondary N) is 2. The maximum absolute atomic E-state index is 11.8.